The van der Waals surface area contributed by atoms with E-state index in [0.29, 0.717) is 5.71 Å². The Kier molecular flexibility index (Phi) is 3.08. The molecule has 1 atom stereocenters. The first-order valence-electron chi connectivity index (χ1n) is 6.40. The van der Waals surface area contributed by atoms with Gasteiger partial charge in [0.15, 0.2) is 6.17 Å². The summed E-state index contributed by atoms with van der Waals surface area (Å²) < 4.78 is 0. The zero-order valence-electron chi connectivity index (χ0n) is 11.1. The van der Waals surface area contributed by atoms with Crippen LogP contribution in [0, 0.1) is 0 Å². The van der Waals surface area contributed by atoms with Crippen molar-refractivity contribution in [1.29, 1.82) is 0 Å². The van der Waals surface area contributed by atoms with E-state index in [9.17, 15) is 4.79 Å². The van der Waals surface area contributed by atoms with Gasteiger partial charge in [-0.05, 0) is 6.07 Å². The van der Waals surface area contributed by atoms with Crippen LogP contribution in [0.5, 0.6) is 0 Å². The van der Waals surface area contributed by atoms with E-state index in [0.717, 1.165) is 16.8 Å². The molecule has 0 aliphatic carbocycles. The summed E-state index contributed by atoms with van der Waals surface area (Å²) in [6.07, 6.45) is -1.12. The number of rotatable bonds is 1. The summed E-state index contributed by atoms with van der Waals surface area (Å²) in [7, 11) is 1.69. The van der Waals surface area contributed by atoms with Gasteiger partial charge in [-0.15, -0.1) is 0 Å². The number of amides is 1. The van der Waals surface area contributed by atoms with Gasteiger partial charge >= 0.3 is 0 Å². The van der Waals surface area contributed by atoms with Crippen LogP contribution in [-0.4, -0.2) is 24.8 Å². The van der Waals surface area contributed by atoms with Gasteiger partial charge in [0.25, 0.3) is 5.91 Å². The first-order chi connectivity index (χ1) is 9.68. The van der Waals surface area contributed by atoms with E-state index in [4.69, 9.17) is 5.73 Å². The number of carbonyl (C=O) groups is 1. The van der Waals surface area contributed by atoms with E-state index in [1.54, 1.807) is 7.05 Å². The number of carbonyl (C=O) groups excluding carboxylic acids is 1. The summed E-state index contributed by atoms with van der Waals surface area (Å²) >= 11 is 0. The third-order valence-corrected chi connectivity index (χ3v) is 3.39. The molecule has 1 N–H and O–H groups in total. The fourth-order valence-corrected chi connectivity index (χ4v) is 2.35. The van der Waals surface area contributed by atoms with Crippen molar-refractivity contribution in [3.8, 4) is 0 Å². The fraction of sp³-hybridized carbons (Fsp3) is 0.125. The third-order valence-electron chi connectivity index (χ3n) is 3.39. The molecule has 0 saturated carbocycles. The SMILES string of the molecule is CN1C(=O)C([NH])N=C(c2ccccc2)c2ccccc21. The first kappa shape index (κ1) is 12.6. The number of aliphatic imine (C=N–C) groups is 1. The Hall–Kier alpha value is -2.46. The van der Waals surface area contributed by atoms with Crippen LogP contribution in [0.15, 0.2) is 59.6 Å². The molecule has 1 heterocycles. The van der Waals surface area contributed by atoms with Crippen LogP contribution >= 0.6 is 0 Å². The molecule has 1 aliphatic heterocycles. The maximum Gasteiger partial charge on any atom is 0.267 e. The Morgan fingerprint density at radius 1 is 1.05 bits per heavy atom. The van der Waals surface area contributed by atoms with Crippen molar-refractivity contribution in [1.82, 2.24) is 5.73 Å². The van der Waals surface area contributed by atoms with Crippen LogP contribution in [0.2, 0.25) is 0 Å². The van der Waals surface area contributed by atoms with Gasteiger partial charge in [0.2, 0.25) is 0 Å². The van der Waals surface area contributed by atoms with Crippen LogP contribution in [-0.2, 0) is 4.79 Å². The van der Waals surface area contributed by atoms with Crippen LogP contribution in [0.3, 0.4) is 0 Å². The average Bonchev–Trinajstić information content (AvgIpc) is 2.60. The van der Waals surface area contributed by atoms with Gasteiger partial charge in [0.1, 0.15) is 0 Å². The second-order valence-corrected chi connectivity index (χ2v) is 4.66. The van der Waals surface area contributed by atoms with Crippen molar-refractivity contribution in [2.45, 2.75) is 6.17 Å². The van der Waals surface area contributed by atoms with E-state index in [1.807, 2.05) is 54.6 Å². The molecular weight excluding hydrogens is 250 g/mol. The lowest BCUT2D eigenvalue weighted by atomic mass is 10.0. The Balaban J connectivity index is 2.24. The second-order valence-electron chi connectivity index (χ2n) is 4.66. The van der Waals surface area contributed by atoms with E-state index in [2.05, 4.69) is 4.99 Å². The molecule has 0 saturated heterocycles. The van der Waals surface area contributed by atoms with Gasteiger partial charge in [-0.2, -0.15) is 0 Å². The Labute approximate surface area is 117 Å². The number of para-hydroxylation sites is 1. The Bertz CT molecular complexity index is 679. The minimum atomic E-state index is -1.12. The minimum absolute atomic E-state index is 0.316. The number of benzene rings is 2. The van der Waals surface area contributed by atoms with Crippen LogP contribution < -0.4 is 10.6 Å². The third kappa shape index (κ3) is 2.00. The summed E-state index contributed by atoms with van der Waals surface area (Å²) in [6.45, 7) is 0. The van der Waals surface area contributed by atoms with Crippen molar-refractivity contribution in [3.63, 3.8) is 0 Å². The lowest BCUT2D eigenvalue weighted by Crippen LogP contribution is -2.35. The number of benzodiazepines with no additional fused rings is 1. The van der Waals surface area contributed by atoms with Crippen molar-refractivity contribution < 1.29 is 4.79 Å². The van der Waals surface area contributed by atoms with E-state index >= 15 is 0 Å². The minimum Gasteiger partial charge on any atom is -0.312 e. The molecular formula is C16H14N3O. The van der Waals surface area contributed by atoms with Gasteiger partial charge in [-0.25, -0.2) is 5.73 Å². The first-order valence-corrected chi connectivity index (χ1v) is 6.40. The van der Waals surface area contributed by atoms with Crippen molar-refractivity contribution in [3.05, 3.63) is 65.7 Å². The van der Waals surface area contributed by atoms with Crippen LogP contribution in [0.1, 0.15) is 11.1 Å². The van der Waals surface area contributed by atoms with Gasteiger partial charge in [0.05, 0.1) is 11.4 Å². The molecule has 1 amide bonds. The van der Waals surface area contributed by atoms with Gasteiger partial charge in [-0.3, -0.25) is 9.79 Å². The smallest absolute Gasteiger partial charge is 0.267 e. The van der Waals surface area contributed by atoms with Crippen molar-refractivity contribution in [2.75, 3.05) is 11.9 Å². The number of nitrogens with zero attached hydrogens (tertiary/aromatic N) is 2. The molecule has 1 radical (unpaired) electrons. The second kappa shape index (κ2) is 4.90. The summed E-state index contributed by atoms with van der Waals surface area (Å²) in [5, 5.41) is 0. The van der Waals surface area contributed by atoms with Gasteiger partial charge < -0.3 is 4.90 Å². The molecule has 99 valence electrons. The highest BCUT2D eigenvalue weighted by molar-refractivity contribution is 6.19. The molecule has 0 aromatic heterocycles. The Morgan fingerprint density at radius 2 is 1.70 bits per heavy atom. The standard InChI is InChI=1S/C16H14N3O/c1-19-13-10-6-5-9-12(13)14(18-15(17)16(19)20)11-7-3-2-4-8-11/h2-10,15,17H,1H3. The zero-order chi connectivity index (χ0) is 14.1. The number of hydrogen-bond donors (Lipinski definition) is 0. The van der Waals surface area contributed by atoms with Crippen molar-refractivity contribution in [2.24, 2.45) is 4.99 Å². The molecule has 0 spiro atoms. The lowest BCUT2D eigenvalue weighted by molar-refractivity contribution is -0.119. The summed E-state index contributed by atoms with van der Waals surface area (Å²) in [4.78, 5) is 17.9. The average molecular weight is 264 g/mol. The Morgan fingerprint density at radius 3 is 2.45 bits per heavy atom. The van der Waals surface area contributed by atoms with E-state index in [1.165, 1.54) is 4.90 Å². The maximum absolute atomic E-state index is 12.1. The number of fused-ring (bicyclic) bond motifs is 1. The predicted molar refractivity (Wildman–Crippen MR) is 78.8 cm³/mol. The lowest BCUT2D eigenvalue weighted by Gasteiger charge is -2.18. The maximum atomic E-state index is 12.1. The largest absolute Gasteiger partial charge is 0.312 e. The van der Waals surface area contributed by atoms with E-state index < -0.39 is 6.17 Å². The molecule has 0 bridgehead atoms. The number of nitrogens with one attached hydrogen (secondary N) is 1. The monoisotopic (exact) mass is 264 g/mol. The highest BCUT2D eigenvalue weighted by Crippen LogP contribution is 2.26. The molecule has 1 unspecified atom stereocenters. The van der Waals surface area contributed by atoms with Crippen LogP contribution in [0.25, 0.3) is 0 Å². The molecule has 4 heteroatoms. The van der Waals surface area contributed by atoms with Gasteiger partial charge in [0, 0.05) is 18.2 Å². The fourth-order valence-electron chi connectivity index (χ4n) is 2.35. The number of anilines is 1. The quantitative estimate of drug-likeness (QED) is 0.778. The topological polar surface area (TPSA) is 56.5 Å². The normalized spacial score (nSPS) is 18.3. The highest BCUT2D eigenvalue weighted by atomic mass is 16.2. The van der Waals surface area contributed by atoms with Gasteiger partial charge in [-0.1, -0.05) is 48.5 Å². The van der Waals surface area contributed by atoms with E-state index in [-0.39, 0.29) is 5.91 Å². The molecule has 1 aliphatic rings. The molecule has 2 aromatic rings. The summed E-state index contributed by atoms with van der Waals surface area (Å²) in [5.74, 6) is -0.316. The highest BCUT2D eigenvalue weighted by Gasteiger charge is 2.27. The predicted octanol–water partition coefficient (Wildman–Crippen LogP) is 2.11. The molecule has 0 fully saturated rings. The van der Waals surface area contributed by atoms with Crippen LogP contribution in [0.4, 0.5) is 5.69 Å². The number of hydrogen-bond acceptors (Lipinski definition) is 2. The molecule has 2 aromatic carbocycles. The molecule has 3 rings (SSSR count). The molecule has 20 heavy (non-hydrogen) atoms. The summed E-state index contributed by atoms with van der Waals surface area (Å²) in [6, 6.07) is 17.3. The molecule has 4 nitrogen and oxygen atoms in total. The summed E-state index contributed by atoms with van der Waals surface area (Å²) in [5.41, 5.74) is 11.2. The van der Waals surface area contributed by atoms with Crippen molar-refractivity contribution >= 4 is 17.3 Å². The number of likely N-dealkylation sites (N-methyl/N-ethyl adjacent to an activating group) is 1. The zero-order valence-corrected chi connectivity index (χ0v) is 11.1.